The standard InChI is InChI=1S/C32H34N2O6/c1-4-20(2)32(31(37)38)26-25(29(35)34(30(26)36)18-21-12-7-5-8-13-21)27(33-32)23-16-11-17-24(39-3)28(23)40-19-22-14-9-6-10-15-22/h5-17,20,25-27,33H,4,18-19H2,1-3H3,(H,37,38). The van der Waals surface area contributed by atoms with Crippen LogP contribution in [-0.4, -0.2) is 40.4 Å². The second kappa shape index (κ2) is 11.1. The van der Waals surface area contributed by atoms with Crippen LogP contribution in [0.4, 0.5) is 0 Å². The molecule has 3 aromatic rings. The van der Waals surface area contributed by atoms with E-state index in [0.29, 0.717) is 23.5 Å². The SMILES string of the molecule is CCC(C)C1(C(=O)O)NC(c2cccc(OC)c2OCc2ccccc2)C2C(=O)N(Cc3ccccc3)C(=O)C21. The Balaban J connectivity index is 1.61. The molecule has 0 aromatic heterocycles. The van der Waals surface area contributed by atoms with Gasteiger partial charge in [0.05, 0.1) is 25.5 Å². The third kappa shape index (κ3) is 4.52. The van der Waals surface area contributed by atoms with Gasteiger partial charge in [0.1, 0.15) is 12.1 Å². The number of carbonyl (C=O) groups excluding carboxylic acids is 2. The first kappa shape index (κ1) is 27.4. The van der Waals surface area contributed by atoms with Gasteiger partial charge in [-0.15, -0.1) is 0 Å². The molecule has 5 atom stereocenters. The van der Waals surface area contributed by atoms with Gasteiger partial charge in [-0.3, -0.25) is 24.6 Å². The highest BCUT2D eigenvalue weighted by molar-refractivity contribution is 6.09. The van der Waals surface area contributed by atoms with Crippen LogP contribution in [0.25, 0.3) is 0 Å². The van der Waals surface area contributed by atoms with Gasteiger partial charge in [-0.1, -0.05) is 93.1 Å². The number of likely N-dealkylation sites (tertiary alicyclic amines) is 1. The van der Waals surface area contributed by atoms with Crippen molar-refractivity contribution in [2.75, 3.05) is 7.11 Å². The Morgan fingerprint density at radius 3 is 2.23 bits per heavy atom. The molecule has 8 heteroatoms. The predicted octanol–water partition coefficient (Wildman–Crippen LogP) is 4.59. The molecule has 5 unspecified atom stereocenters. The molecule has 0 radical (unpaired) electrons. The second-order valence-electron chi connectivity index (χ2n) is 10.5. The number of nitrogens with zero attached hydrogens (tertiary/aromatic N) is 1. The van der Waals surface area contributed by atoms with Gasteiger partial charge in [0.25, 0.3) is 0 Å². The minimum absolute atomic E-state index is 0.0872. The van der Waals surface area contributed by atoms with E-state index in [9.17, 15) is 19.5 Å². The maximum absolute atomic E-state index is 14.1. The van der Waals surface area contributed by atoms with E-state index in [2.05, 4.69) is 5.32 Å². The number of hydrogen-bond acceptors (Lipinski definition) is 6. The molecule has 2 saturated heterocycles. The topological polar surface area (TPSA) is 105 Å². The van der Waals surface area contributed by atoms with Crippen molar-refractivity contribution in [2.24, 2.45) is 17.8 Å². The average molecular weight is 543 g/mol. The molecule has 2 N–H and O–H groups in total. The Morgan fingerprint density at radius 1 is 0.975 bits per heavy atom. The van der Waals surface area contributed by atoms with Crippen LogP contribution in [0.3, 0.4) is 0 Å². The van der Waals surface area contributed by atoms with E-state index in [4.69, 9.17) is 9.47 Å². The number of para-hydroxylation sites is 1. The molecule has 0 aliphatic carbocycles. The van der Waals surface area contributed by atoms with E-state index in [-0.39, 0.29) is 19.1 Å². The summed E-state index contributed by atoms with van der Waals surface area (Å²) < 4.78 is 11.9. The number of fused-ring (bicyclic) bond motifs is 1. The molecule has 2 aliphatic rings. The Morgan fingerprint density at radius 2 is 1.62 bits per heavy atom. The lowest BCUT2D eigenvalue weighted by molar-refractivity contribution is -0.154. The Hall–Kier alpha value is -4.17. The summed E-state index contributed by atoms with van der Waals surface area (Å²) in [5, 5.41) is 14.0. The van der Waals surface area contributed by atoms with Gasteiger partial charge in [-0.05, 0) is 23.1 Å². The van der Waals surface area contributed by atoms with Gasteiger partial charge in [-0.25, -0.2) is 0 Å². The van der Waals surface area contributed by atoms with E-state index in [1.807, 2.05) is 80.6 Å². The normalized spacial score (nSPS) is 24.6. The lowest BCUT2D eigenvalue weighted by Crippen LogP contribution is -2.59. The highest BCUT2D eigenvalue weighted by Gasteiger charge is 2.70. The molecule has 2 amide bonds. The first-order valence-electron chi connectivity index (χ1n) is 13.6. The van der Waals surface area contributed by atoms with Crippen LogP contribution in [0.15, 0.2) is 78.9 Å². The number of nitrogens with one attached hydrogen (secondary N) is 1. The number of amides is 2. The average Bonchev–Trinajstić information content (AvgIpc) is 3.47. The summed E-state index contributed by atoms with van der Waals surface area (Å²) in [6.45, 7) is 4.04. The van der Waals surface area contributed by atoms with Crippen LogP contribution < -0.4 is 14.8 Å². The molecular weight excluding hydrogens is 508 g/mol. The second-order valence-corrected chi connectivity index (χ2v) is 10.5. The minimum Gasteiger partial charge on any atom is -0.493 e. The van der Waals surface area contributed by atoms with Crippen LogP contribution in [0.5, 0.6) is 11.5 Å². The van der Waals surface area contributed by atoms with Gasteiger partial charge in [-0.2, -0.15) is 0 Å². The van der Waals surface area contributed by atoms with Crippen LogP contribution in [0, 0.1) is 17.8 Å². The van der Waals surface area contributed by atoms with Crippen molar-refractivity contribution in [3.05, 3.63) is 95.6 Å². The fourth-order valence-electron chi connectivity index (χ4n) is 6.19. The fraction of sp³-hybridized carbons (Fsp3) is 0.344. The van der Waals surface area contributed by atoms with E-state index in [1.54, 1.807) is 12.1 Å². The number of aliphatic carboxylic acids is 1. The van der Waals surface area contributed by atoms with Crippen molar-refractivity contribution in [1.29, 1.82) is 0 Å². The number of carboxylic acids is 1. The maximum Gasteiger partial charge on any atom is 0.325 e. The van der Waals surface area contributed by atoms with E-state index < -0.39 is 41.2 Å². The minimum atomic E-state index is -1.64. The van der Waals surface area contributed by atoms with Crippen LogP contribution in [0.1, 0.15) is 43.0 Å². The molecule has 0 bridgehead atoms. The molecule has 40 heavy (non-hydrogen) atoms. The lowest BCUT2D eigenvalue weighted by atomic mass is 9.72. The Bertz CT molecular complexity index is 1400. The van der Waals surface area contributed by atoms with Crippen molar-refractivity contribution >= 4 is 17.8 Å². The molecule has 2 aliphatic heterocycles. The van der Waals surface area contributed by atoms with Crippen molar-refractivity contribution < 1.29 is 29.0 Å². The highest BCUT2D eigenvalue weighted by Crippen LogP contribution is 2.54. The van der Waals surface area contributed by atoms with Crippen molar-refractivity contribution in [2.45, 2.75) is 45.0 Å². The summed E-state index contributed by atoms with van der Waals surface area (Å²) in [6, 6.07) is 23.5. The largest absolute Gasteiger partial charge is 0.493 e. The molecular formula is C32H34N2O6. The first-order chi connectivity index (χ1) is 19.3. The molecule has 8 nitrogen and oxygen atoms in total. The lowest BCUT2D eigenvalue weighted by Gasteiger charge is -2.36. The molecule has 0 spiro atoms. The number of hydrogen-bond donors (Lipinski definition) is 2. The molecule has 0 saturated carbocycles. The Labute approximate surface area is 233 Å². The maximum atomic E-state index is 14.1. The number of ether oxygens (including phenoxy) is 2. The molecule has 5 rings (SSSR count). The fourth-order valence-corrected chi connectivity index (χ4v) is 6.19. The van der Waals surface area contributed by atoms with Gasteiger partial charge in [0.2, 0.25) is 11.8 Å². The third-order valence-electron chi connectivity index (χ3n) is 8.40. The summed E-state index contributed by atoms with van der Waals surface area (Å²) in [4.78, 5) is 42.3. The molecule has 208 valence electrons. The number of benzene rings is 3. The molecule has 2 fully saturated rings. The molecule has 3 aromatic carbocycles. The number of methoxy groups -OCH3 is 1. The van der Waals surface area contributed by atoms with Gasteiger partial charge >= 0.3 is 5.97 Å². The Kier molecular flexibility index (Phi) is 7.63. The zero-order valence-corrected chi connectivity index (χ0v) is 22.9. The number of carboxylic acid groups (broad SMARTS) is 1. The zero-order valence-electron chi connectivity index (χ0n) is 22.9. The number of carbonyl (C=O) groups is 3. The van der Waals surface area contributed by atoms with Crippen LogP contribution >= 0.6 is 0 Å². The van der Waals surface area contributed by atoms with Crippen LogP contribution in [0.2, 0.25) is 0 Å². The summed E-state index contributed by atoms with van der Waals surface area (Å²) >= 11 is 0. The monoisotopic (exact) mass is 542 g/mol. The summed E-state index contributed by atoms with van der Waals surface area (Å²) in [7, 11) is 1.53. The zero-order chi connectivity index (χ0) is 28.4. The van der Waals surface area contributed by atoms with Gasteiger partial charge in [0, 0.05) is 11.6 Å². The van der Waals surface area contributed by atoms with Gasteiger partial charge in [0.15, 0.2) is 11.5 Å². The summed E-state index contributed by atoms with van der Waals surface area (Å²) in [6.07, 6.45) is 0.505. The van der Waals surface area contributed by atoms with E-state index in [1.165, 1.54) is 12.0 Å². The number of rotatable bonds is 10. The van der Waals surface area contributed by atoms with Crippen molar-refractivity contribution in [3.63, 3.8) is 0 Å². The van der Waals surface area contributed by atoms with Crippen molar-refractivity contribution in [1.82, 2.24) is 10.2 Å². The molecule has 2 heterocycles. The predicted molar refractivity (Wildman–Crippen MR) is 148 cm³/mol. The highest BCUT2D eigenvalue weighted by atomic mass is 16.5. The van der Waals surface area contributed by atoms with E-state index in [0.717, 1.165) is 11.1 Å². The third-order valence-corrected chi connectivity index (χ3v) is 8.40. The van der Waals surface area contributed by atoms with Gasteiger partial charge < -0.3 is 14.6 Å². The summed E-state index contributed by atoms with van der Waals surface area (Å²) in [5.41, 5.74) is 0.685. The smallest absolute Gasteiger partial charge is 0.325 e. The quantitative estimate of drug-likeness (QED) is 0.361. The first-order valence-corrected chi connectivity index (χ1v) is 13.6. The van der Waals surface area contributed by atoms with Crippen LogP contribution in [-0.2, 0) is 27.5 Å². The van der Waals surface area contributed by atoms with E-state index >= 15 is 0 Å². The number of imide groups is 1. The summed E-state index contributed by atoms with van der Waals surface area (Å²) in [5.74, 6) is -3.56. The van der Waals surface area contributed by atoms with Crippen molar-refractivity contribution in [3.8, 4) is 11.5 Å².